The Balaban J connectivity index is 1.18. The third-order valence-electron chi connectivity index (χ3n) is 9.24. The van der Waals surface area contributed by atoms with Crippen LogP contribution in [0.15, 0.2) is 103 Å². The number of halogens is 5. The second-order valence-corrected chi connectivity index (χ2v) is 13.0. The summed E-state index contributed by atoms with van der Waals surface area (Å²) in [5.74, 6) is -12.5. The fraction of sp³-hybridized carbons (Fsp3) is 0.244. The molecule has 4 atom stereocenters. The molecule has 6 nitrogen and oxygen atoms in total. The molecule has 0 aliphatic carbocycles. The van der Waals surface area contributed by atoms with Gasteiger partial charge in [0.25, 0.3) is 5.91 Å². The van der Waals surface area contributed by atoms with Gasteiger partial charge >= 0.3 is 0 Å². The van der Waals surface area contributed by atoms with E-state index in [9.17, 15) is 31.9 Å². The lowest BCUT2D eigenvalue weighted by Gasteiger charge is -2.42. The highest BCUT2D eigenvalue weighted by Crippen LogP contribution is 2.42. The Morgan fingerprint density at radius 3 is 1.98 bits per heavy atom. The van der Waals surface area contributed by atoms with E-state index in [0.717, 1.165) is 34.4 Å². The van der Waals surface area contributed by atoms with Crippen molar-refractivity contribution in [3.8, 4) is 11.1 Å². The van der Waals surface area contributed by atoms with Crippen LogP contribution in [0.25, 0.3) is 11.1 Å². The van der Waals surface area contributed by atoms with Crippen LogP contribution in [0.1, 0.15) is 57.5 Å². The van der Waals surface area contributed by atoms with Crippen molar-refractivity contribution in [2.75, 3.05) is 13.6 Å². The van der Waals surface area contributed by atoms with Gasteiger partial charge in [0.05, 0.1) is 18.8 Å². The zero-order valence-electron chi connectivity index (χ0n) is 28.5. The number of carbonyl (C=O) groups is 1. The highest BCUT2D eigenvalue weighted by molar-refractivity contribution is 5.94. The molecule has 0 bridgehead atoms. The Morgan fingerprint density at radius 2 is 1.33 bits per heavy atom. The molecule has 1 saturated heterocycles. The molecule has 1 aliphatic heterocycles. The minimum absolute atomic E-state index is 0.00560. The first-order valence-corrected chi connectivity index (χ1v) is 16.8. The van der Waals surface area contributed by atoms with Crippen molar-refractivity contribution in [1.29, 1.82) is 0 Å². The number of rotatable bonds is 11. The number of nitrogens with zero attached hydrogens (tertiary/aromatic N) is 1. The molecule has 1 heterocycles. The molecule has 0 aromatic heterocycles. The summed E-state index contributed by atoms with van der Waals surface area (Å²) in [4.78, 5) is 14.7. The molecule has 6 rings (SSSR count). The average molecular weight is 717 g/mol. The summed E-state index contributed by atoms with van der Waals surface area (Å²) in [6.45, 7) is 3.25. The van der Waals surface area contributed by atoms with Gasteiger partial charge in [0.15, 0.2) is 29.6 Å². The van der Waals surface area contributed by atoms with Crippen LogP contribution in [0.5, 0.6) is 0 Å². The molecule has 1 aliphatic rings. The summed E-state index contributed by atoms with van der Waals surface area (Å²) in [6, 6.07) is 32.5. The van der Waals surface area contributed by atoms with Crippen LogP contribution in [0.4, 0.5) is 22.0 Å². The van der Waals surface area contributed by atoms with E-state index in [1.165, 1.54) is 5.56 Å². The maximum atomic E-state index is 14.1. The molecule has 0 radical (unpaired) electrons. The van der Waals surface area contributed by atoms with E-state index in [1.807, 2.05) is 72.8 Å². The number of nitrogens with one attached hydrogen (secondary N) is 1. The number of ether oxygens (including phenoxy) is 2. The van der Waals surface area contributed by atoms with Crippen molar-refractivity contribution in [3.05, 3.63) is 166 Å². The van der Waals surface area contributed by atoms with E-state index in [1.54, 1.807) is 18.2 Å². The third-order valence-corrected chi connectivity index (χ3v) is 9.24. The second-order valence-electron chi connectivity index (χ2n) is 13.0. The van der Waals surface area contributed by atoms with Crippen LogP contribution in [0.2, 0.25) is 0 Å². The molecule has 0 saturated carbocycles. The van der Waals surface area contributed by atoms with Crippen LogP contribution in [-0.2, 0) is 29.2 Å². The van der Waals surface area contributed by atoms with Crippen LogP contribution >= 0.6 is 0 Å². The van der Waals surface area contributed by atoms with E-state index in [0.29, 0.717) is 12.1 Å². The van der Waals surface area contributed by atoms with Gasteiger partial charge in [0.2, 0.25) is 5.82 Å². The first-order valence-electron chi connectivity index (χ1n) is 16.8. The summed E-state index contributed by atoms with van der Waals surface area (Å²) in [6.07, 6.45) is -1.13. The minimum Gasteiger partial charge on any atom is -0.392 e. The first-order chi connectivity index (χ1) is 25.0. The lowest BCUT2D eigenvalue weighted by Crippen LogP contribution is -2.43. The number of carbonyl (C=O) groups excluding carboxylic acids is 1. The summed E-state index contributed by atoms with van der Waals surface area (Å²) in [5, 5.41) is 11.8. The Hall–Kier alpha value is -4.94. The molecule has 11 heteroatoms. The van der Waals surface area contributed by atoms with Gasteiger partial charge in [-0.15, -0.1) is 0 Å². The van der Waals surface area contributed by atoms with Crippen molar-refractivity contribution in [1.82, 2.24) is 10.2 Å². The van der Waals surface area contributed by atoms with Crippen molar-refractivity contribution in [2.45, 2.75) is 45.1 Å². The number of amides is 1. The minimum atomic E-state index is -2.33. The van der Waals surface area contributed by atoms with E-state index < -0.39 is 46.8 Å². The quantitative estimate of drug-likeness (QED) is 0.0817. The largest absolute Gasteiger partial charge is 0.392 e. The van der Waals surface area contributed by atoms with Crippen LogP contribution < -0.4 is 5.32 Å². The van der Waals surface area contributed by atoms with E-state index in [2.05, 4.69) is 36.3 Å². The van der Waals surface area contributed by atoms with Gasteiger partial charge < -0.3 is 19.9 Å². The highest BCUT2D eigenvalue weighted by atomic mass is 19.2. The van der Waals surface area contributed by atoms with Gasteiger partial charge in [-0.05, 0) is 46.5 Å². The number of benzene rings is 5. The molecule has 52 heavy (non-hydrogen) atoms. The summed E-state index contributed by atoms with van der Waals surface area (Å²) in [5.41, 5.74) is 4.35. The molecule has 1 amide bonds. The number of aliphatic hydroxyl groups is 1. The van der Waals surface area contributed by atoms with Crippen LogP contribution in [0, 0.1) is 35.0 Å². The lowest BCUT2D eigenvalue weighted by molar-refractivity contribution is -0.276. The van der Waals surface area contributed by atoms with E-state index in [4.69, 9.17) is 9.47 Å². The smallest absolute Gasteiger partial charge is 0.257 e. The second kappa shape index (κ2) is 16.2. The molecule has 270 valence electrons. The topological polar surface area (TPSA) is 71.0 Å². The zero-order chi connectivity index (χ0) is 36.9. The average Bonchev–Trinajstić information content (AvgIpc) is 3.17. The van der Waals surface area contributed by atoms with Gasteiger partial charge in [-0.1, -0.05) is 104 Å². The SMILES string of the molecule is C[C@@H]1[C@H](CN(C)Cc2ccccc2)O[C@H](c2ccc(-c3cccc(CNC(=O)c4c(F)c(F)c(F)c(F)c4F)c3)cc2)O[C@@H]1c1ccc(CO)cc1. The normalized spacial score (nSPS) is 18.8. The number of hydrogen-bond acceptors (Lipinski definition) is 5. The Kier molecular flexibility index (Phi) is 11.5. The predicted molar refractivity (Wildman–Crippen MR) is 185 cm³/mol. The molecule has 1 fully saturated rings. The fourth-order valence-electron chi connectivity index (χ4n) is 6.36. The maximum Gasteiger partial charge on any atom is 0.257 e. The van der Waals surface area contributed by atoms with Crippen molar-refractivity contribution in [2.24, 2.45) is 5.92 Å². The van der Waals surface area contributed by atoms with Crippen LogP contribution in [0.3, 0.4) is 0 Å². The first kappa shape index (κ1) is 36.8. The molecule has 2 N–H and O–H groups in total. The molecule has 0 spiro atoms. The molecule has 0 unspecified atom stereocenters. The molecule has 5 aromatic carbocycles. The fourth-order valence-corrected chi connectivity index (χ4v) is 6.36. The summed E-state index contributed by atoms with van der Waals surface area (Å²) < 4.78 is 82.2. The van der Waals surface area contributed by atoms with Gasteiger partial charge in [0, 0.05) is 31.1 Å². The van der Waals surface area contributed by atoms with Crippen LogP contribution in [-0.4, -0.2) is 35.6 Å². The highest BCUT2D eigenvalue weighted by Gasteiger charge is 2.39. The Labute approximate surface area is 298 Å². The Morgan fingerprint density at radius 1 is 0.712 bits per heavy atom. The number of likely N-dealkylation sites (N-methyl/N-ethyl adjacent to an activating group) is 1. The van der Waals surface area contributed by atoms with Crippen molar-refractivity contribution >= 4 is 5.91 Å². The predicted octanol–water partition coefficient (Wildman–Crippen LogP) is 8.39. The van der Waals surface area contributed by atoms with Gasteiger partial charge in [0.1, 0.15) is 5.56 Å². The monoisotopic (exact) mass is 716 g/mol. The van der Waals surface area contributed by atoms with Crippen molar-refractivity contribution in [3.63, 3.8) is 0 Å². The van der Waals surface area contributed by atoms with E-state index >= 15 is 0 Å². The standard InChI is InChI=1S/C41H37F5N2O4/c1-24-32(22-48(2)21-25-7-4-3-5-8-25)51-41(52-39(24)29-13-11-26(23-49)12-14-29)30-17-15-28(16-18-30)31-10-6-9-27(19-31)20-47-40(50)33-34(42)36(44)38(46)37(45)35(33)43/h3-19,24,32,39,41,49H,20-23H2,1-2H3,(H,47,50)/t24-,32+,39+,41+/m1/s1. The van der Waals surface area contributed by atoms with Gasteiger partial charge in [-0.25, -0.2) is 22.0 Å². The lowest BCUT2D eigenvalue weighted by atomic mass is 9.90. The van der Waals surface area contributed by atoms with Gasteiger partial charge in [-0.3, -0.25) is 9.69 Å². The Bertz CT molecular complexity index is 1980. The number of hydrogen-bond donors (Lipinski definition) is 2. The summed E-state index contributed by atoms with van der Waals surface area (Å²) in [7, 11) is 2.06. The summed E-state index contributed by atoms with van der Waals surface area (Å²) >= 11 is 0. The molecular weight excluding hydrogens is 679 g/mol. The maximum absolute atomic E-state index is 14.1. The molecular formula is C41H37F5N2O4. The van der Waals surface area contributed by atoms with E-state index in [-0.39, 0.29) is 31.3 Å². The van der Waals surface area contributed by atoms with Gasteiger partial charge in [-0.2, -0.15) is 0 Å². The zero-order valence-corrected chi connectivity index (χ0v) is 28.5. The number of aliphatic hydroxyl groups excluding tert-OH is 1. The third kappa shape index (κ3) is 8.08. The molecule has 5 aromatic rings. The van der Waals surface area contributed by atoms with Crippen molar-refractivity contribution < 1.29 is 41.3 Å².